The van der Waals surface area contributed by atoms with Crippen LogP contribution in [0.3, 0.4) is 0 Å². The van der Waals surface area contributed by atoms with Crippen LogP contribution in [0.2, 0.25) is 0 Å². The molecule has 9 heteroatoms. The van der Waals surface area contributed by atoms with Crippen LogP contribution in [-0.4, -0.2) is 63.9 Å². The number of hydrogen-bond donors (Lipinski definition) is 2. The highest BCUT2D eigenvalue weighted by atomic mass is 16.7. The van der Waals surface area contributed by atoms with Crippen LogP contribution in [0.15, 0.2) is 35.5 Å². The van der Waals surface area contributed by atoms with E-state index in [1.807, 2.05) is 0 Å². The Morgan fingerprint density at radius 1 is 1.09 bits per heavy atom. The number of aliphatic hydroxyl groups is 2. The lowest BCUT2D eigenvalue weighted by Gasteiger charge is -2.41. The van der Waals surface area contributed by atoms with Crippen molar-refractivity contribution in [2.24, 2.45) is 11.8 Å². The Morgan fingerprint density at radius 3 is 2.15 bits per heavy atom. The number of rotatable bonds is 4. The van der Waals surface area contributed by atoms with Gasteiger partial charge in [-0.25, -0.2) is 14.4 Å². The van der Waals surface area contributed by atoms with Gasteiger partial charge in [0, 0.05) is 29.1 Å². The maximum Gasteiger partial charge on any atom is 0.334 e. The molecule has 0 aromatic rings. The molecule has 3 fully saturated rings. The van der Waals surface area contributed by atoms with Gasteiger partial charge in [-0.05, 0) is 41.0 Å². The molecule has 3 rings (SSSR count). The summed E-state index contributed by atoms with van der Waals surface area (Å²) in [5.41, 5.74) is -1.19. The van der Waals surface area contributed by atoms with Gasteiger partial charge in [-0.2, -0.15) is 0 Å². The van der Waals surface area contributed by atoms with Crippen molar-refractivity contribution in [1.29, 1.82) is 0 Å². The summed E-state index contributed by atoms with van der Waals surface area (Å²) in [6.07, 6.45) is -1.21. The summed E-state index contributed by atoms with van der Waals surface area (Å²) in [7, 11) is 0. The molecule has 34 heavy (non-hydrogen) atoms. The first-order chi connectivity index (χ1) is 15.8. The highest BCUT2D eigenvalue weighted by Gasteiger charge is 2.65. The lowest BCUT2D eigenvalue weighted by molar-refractivity contribution is -0.277. The van der Waals surface area contributed by atoms with Gasteiger partial charge in [0.1, 0.15) is 5.60 Å². The molecule has 2 N–H and O–H groups in total. The molecule has 3 heterocycles. The molecule has 0 radical (unpaired) electrons. The van der Waals surface area contributed by atoms with Gasteiger partial charge in [-0.1, -0.05) is 25.7 Å². The summed E-state index contributed by atoms with van der Waals surface area (Å²) in [5, 5.41) is 23.1. The topological polar surface area (TPSA) is 129 Å². The SMILES string of the molecule is C=C1C(=O)O[C@@H]2[C@@H]1[C@H](OC(=O)/C(C)=C\C)[C@@]1(O)O[C@H](C[C@@H]1C)C[C@@](C)(O)[C@H]2OC(=O)/C(C)=C\C. The zero-order valence-corrected chi connectivity index (χ0v) is 20.5. The van der Waals surface area contributed by atoms with E-state index in [0.717, 1.165) is 0 Å². The molecular weight excluding hydrogens is 444 g/mol. The predicted molar refractivity (Wildman–Crippen MR) is 120 cm³/mol. The van der Waals surface area contributed by atoms with Crippen molar-refractivity contribution in [3.05, 3.63) is 35.5 Å². The third-order valence-corrected chi connectivity index (χ3v) is 7.20. The van der Waals surface area contributed by atoms with Crippen LogP contribution in [0.1, 0.15) is 54.4 Å². The second-order valence-electron chi connectivity index (χ2n) is 9.71. The van der Waals surface area contributed by atoms with Gasteiger partial charge < -0.3 is 29.2 Å². The second-order valence-corrected chi connectivity index (χ2v) is 9.71. The highest BCUT2D eigenvalue weighted by molar-refractivity contribution is 5.92. The monoisotopic (exact) mass is 478 g/mol. The van der Waals surface area contributed by atoms with E-state index in [-0.39, 0.29) is 17.6 Å². The lowest BCUT2D eigenvalue weighted by atomic mass is 9.75. The third kappa shape index (κ3) is 4.44. The van der Waals surface area contributed by atoms with Gasteiger partial charge in [-0.3, -0.25) is 0 Å². The molecule has 0 aliphatic carbocycles. The second kappa shape index (κ2) is 9.28. The molecule has 0 amide bonds. The Morgan fingerprint density at radius 2 is 1.62 bits per heavy atom. The zero-order chi connectivity index (χ0) is 25.6. The van der Waals surface area contributed by atoms with Crippen LogP contribution in [0.25, 0.3) is 0 Å². The quantitative estimate of drug-likeness (QED) is 0.355. The normalized spacial score (nSPS) is 40.6. The Kier molecular flexibility index (Phi) is 7.13. The van der Waals surface area contributed by atoms with E-state index in [9.17, 15) is 24.6 Å². The first kappa shape index (κ1) is 26.1. The van der Waals surface area contributed by atoms with Gasteiger partial charge in [0.15, 0.2) is 18.3 Å². The first-order valence-electron chi connectivity index (χ1n) is 11.5. The molecule has 3 aliphatic rings. The maximum atomic E-state index is 12.8. The van der Waals surface area contributed by atoms with Crippen LogP contribution in [0, 0.1) is 11.8 Å². The number of fused-ring (bicyclic) bond motifs is 3. The molecule has 2 bridgehead atoms. The van der Waals surface area contributed by atoms with Gasteiger partial charge in [0.05, 0.1) is 12.0 Å². The minimum atomic E-state index is -1.98. The number of carbonyl (C=O) groups is 3. The van der Waals surface area contributed by atoms with Gasteiger partial charge in [-0.15, -0.1) is 0 Å². The van der Waals surface area contributed by atoms with Crippen LogP contribution in [0.4, 0.5) is 0 Å². The average Bonchev–Trinajstić information content (AvgIpc) is 3.22. The van der Waals surface area contributed by atoms with Crippen molar-refractivity contribution in [3.63, 3.8) is 0 Å². The van der Waals surface area contributed by atoms with Crippen LogP contribution >= 0.6 is 0 Å². The van der Waals surface area contributed by atoms with Crippen molar-refractivity contribution < 1.29 is 43.5 Å². The van der Waals surface area contributed by atoms with E-state index in [4.69, 9.17) is 18.9 Å². The largest absolute Gasteiger partial charge is 0.454 e. The number of esters is 3. The van der Waals surface area contributed by atoms with E-state index in [1.165, 1.54) is 6.92 Å². The van der Waals surface area contributed by atoms with Crippen molar-refractivity contribution in [2.45, 2.75) is 90.2 Å². The minimum absolute atomic E-state index is 0.0196. The molecule has 3 aliphatic heterocycles. The smallest absolute Gasteiger partial charge is 0.334 e. The van der Waals surface area contributed by atoms with Crippen molar-refractivity contribution >= 4 is 17.9 Å². The molecule has 0 aromatic carbocycles. The Bertz CT molecular complexity index is 946. The number of hydrogen-bond acceptors (Lipinski definition) is 9. The van der Waals surface area contributed by atoms with Crippen LogP contribution in [0.5, 0.6) is 0 Å². The first-order valence-corrected chi connectivity index (χ1v) is 11.5. The van der Waals surface area contributed by atoms with Crippen molar-refractivity contribution in [3.8, 4) is 0 Å². The fourth-order valence-corrected chi connectivity index (χ4v) is 4.87. The number of ether oxygens (including phenoxy) is 4. The summed E-state index contributed by atoms with van der Waals surface area (Å²) < 4.78 is 23.0. The molecular formula is C25H34O9. The zero-order valence-electron chi connectivity index (χ0n) is 20.5. The van der Waals surface area contributed by atoms with E-state index in [1.54, 1.807) is 46.8 Å². The third-order valence-electron chi connectivity index (χ3n) is 7.20. The molecule has 0 spiro atoms. The Balaban J connectivity index is 2.17. The summed E-state index contributed by atoms with van der Waals surface area (Å²) in [5.74, 6) is -5.84. The van der Waals surface area contributed by atoms with E-state index >= 15 is 0 Å². The van der Waals surface area contributed by atoms with E-state index in [2.05, 4.69) is 6.58 Å². The van der Waals surface area contributed by atoms with Gasteiger partial charge >= 0.3 is 17.9 Å². The maximum absolute atomic E-state index is 12.8. The molecule has 0 unspecified atom stereocenters. The Hall–Kier alpha value is -2.49. The fraction of sp³-hybridized carbons (Fsp3) is 0.640. The number of allylic oxidation sites excluding steroid dienone is 2. The molecule has 188 valence electrons. The molecule has 3 saturated heterocycles. The molecule has 0 aromatic heterocycles. The predicted octanol–water partition coefficient (Wildman–Crippen LogP) is 2.11. The Labute approximate surface area is 199 Å². The van der Waals surface area contributed by atoms with Gasteiger partial charge in [0.25, 0.3) is 0 Å². The lowest BCUT2D eigenvalue weighted by Crippen LogP contribution is -2.58. The standard InChI is InChI=1S/C25H34O9/c1-8-12(3)21(26)32-19-17-15(6)23(28)31-18(17)20(33-22(27)13(4)9-2)24(7,29)11-16-10-14(5)25(19,30)34-16/h8-9,14,16-20,29-30H,6,10-11H2,1-5,7H3/b12-8-,13-9-/t14-,16+,17+,18+,19-,20-,24+,25-/m0/s1. The van der Waals surface area contributed by atoms with Crippen LogP contribution in [-0.2, 0) is 33.3 Å². The minimum Gasteiger partial charge on any atom is -0.454 e. The van der Waals surface area contributed by atoms with Gasteiger partial charge in [0.2, 0.25) is 5.79 Å². The number of carbonyl (C=O) groups excluding carboxylic acids is 3. The molecule has 9 nitrogen and oxygen atoms in total. The summed E-state index contributed by atoms with van der Waals surface area (Å²) in [4.78, 5) is 38.1. The van der Waals surface area contributed by atoms with Crippen LogP contribution < -0.4 is 0 Å². The molecule has 8 atom stereocenters. The molecule has 0 saturated carbocycles. The summed E-state index contributed by atoms with van der Waals surface area (Å²) in [6.45, 7) is 13.5. The summed E-state index contributed by atoms with van der Waals surface area (Å²) >= 11 is 0. The summed E-state index contributed by atoms with van der Waals surface area (Å²) in [6, 6.07) is 0. The van der Waals surface area contributed by atoms with Crippen molar-refractivity contribution in [2.75, 3.05) is 0 Å². The van der Waals surface area contributed by atoms with E-state index < -0.39 is 65.5 Å². The van der Waals surface area contributed by atoms with Crippen molar-refractivity contribution in [1.82, 2.24) is 0 Å². The average molecular weight is 479 g/mol. The highest BCUT2D eigenvalue weighted by Crippen LogP contribution is 2.50. The fourth-order valence-electron chi connectivity index (χ4n) is 4.87. The van der Waals surface area contributed by atoms with E-state index in [0.29, 0.717) is 12.0 Å².